The highest BCUT2D eigenvalue weighted by Gasteiger charge is 2.19. The number of halogens is 1. The van der Waals surface area contributed by atoms with Gasteiger partial charge in [-0.05, 0) is 11.6 Å². The number of methoxy groups -OCH3 is 1. The molecular formula is C12H12ClN3O3. The molecule has 1 aromatic carbocycles. The summed E-state index contributed by atoms with van der Waals surface area (Å²) in [4.78, 5) is 11.0. The first kappa shape index (κ1) is 13.5. The van der Waals surface area contributed by atoms with Crippen LogP contribution in [-0.4, -0.2) is 33.2 Å². The Balaban J connectivity index is 2.35. The summed E-state index contributed by atoms with van der Waals surface area (Å²) in [7, 11) is 1.48. The third-order valence-electron chi connectivity index (χ3n) is 2.60. The average Bonchev–Trinajstić information content (AvgIpc) is 2.76. The van der Waals surface area contributed by atoms with Crippen molar-refractivity contribution in [2.45, 2.75) is 13.2 Å². The van der Waals surface area contributed by atoms with Gasteiger partial charge in [0.25, 0.3) is 0 Å². The summed E-state index contributed by atoms with van der Waals surface area (Å²) in [5.74, 6) is -1.13. The maximum absolute atomic E-state index is 11.0. The molecule has 2 aromatic rings. The predicted molar refractivity (Wildman–Crippen MR) is 68.2 cm³/mol. The zero-order valence-corrected chi connectivity index (χ0v) is 11.0. The van der Waals surface area contributed by atoms with Gasteiger partial charge in [0.15, 0.2) is 5.69 Å². The summed E-state index contributed by atoms with van der Waals surface area (Å²) in [6.45, 7) is 0.470. The standard InChI is InChI=1S/C12H12ClN3O3/c1-19-7-10-11(12(17)18)14-15-16(10)6-8-4-2-3-5-9(8)13/h2-5H,6-7H2,1H3,(H,17,18). The molecule has 2 rings (SSSR count). The van der Waals surface area contributed by atoms with E-state index in [-0.39, 0.29) is 12.3 Å². The van der Waals surface area contributed by atoms with E-state index in [1.165, 1.54) is 11.8 Å². The van der Waals surface area contributed by atoms with Crippen molar-refractivity contribution in [1.82, 2.24) is 15.0 Å². The molecule has 0 saturated carbocycles. The molecule has 0 spiro atoms. The number of aromatic carboxylic acids is 1. The van der Waals surface area contributed by atoms with Crippen LogP contribution in [0, 0.1) is 0 Å². The normalized spacial score (nSPS) is 10.6. The van der Waals surface area contributed by atoms with Crippen LogP contribution in [0.4, 0.5) is 0 Å². The Morgan fingerprint density at radius 3 is 2.84 bits per heavy atom. The van der Waals surface area contributed by atoms with Gasteiger partial charge >= 0.3 is 5.97 Å². The molecule has 6 nitrogen and oxygen atoms in total. The second kappa shape index (κ2) is 5.81. The van der Waals surface area contributed by atoms with Crippen molar-refractivity contribution in [3.05, 3.63) is 46.2 Å². The van der Waals surface area contributed by atoms with E-state index in [9.17, 15) is 4.79 Å². The Kier molecular flexibility index (Phi) is 4.13. The van der Waals surface area contributed by atoms with Crippen LogP contribution < -0.4 is 0 Å². The van der Waals surface area contributed by atoms with Gasteiger partial charge in [-0.1, -0.05) is 35.0 Å². The first-order chi connectivity index (χ1) is 9.13. The van der Waals surface area contributed by atoms with Crippen molar-refractivity contribution >= 4 is 17.6 Å². The van der Waals surface area contributed by atoms with Crippen LogP contribution in [0.25, 0.3) is 0 Å². The topological polar surface area (TPSA) is 77.2 Å². The van der Waals surface area contributed by atoms with Crippen LogP contribution >= 0.6 is 11.6 Å². The number of rotatable bonds is 5. The highest BCUT2D eigenvalue weighted by Crippen LogP contribution is 2.17. The summed E-state index contributed by atoms with van der Waals surface area (Å²) in [5, 5.41) is 17.1. The largest absolute Gasteiger partial charge is 0.476 e. The number of hydrogen-bond donors (Lipinski definition) is 1. The average molecular weight is 282 g/mol. The van der Waals surface area contributed by atoms with Gasteiger partial charge < -0.3 is 9.84 Å². The van der Waals surface area contributed by atoms with E-state index >= 15 is 0 Å². The van der Waals surface area contributed by atoms with E-state index in [0.717, 1.165) is 5.56 Å². The van der Waals surface area contributed by atoms with Gasteiger partial charge in [-0.2, -0.15) is 0 Å². The summed E-state index contributed by atoms with van der Waals surface area (Å²) in [6.07, 6.45) is 0. The molecular weight excluding hydrogens is 270 g/mol. The van der Waals surface area contributed by atoms with E-state index in [0.29, 0.717) is 17.3 Å². The second-order valence-electron chi connectivity index (χ2n) is 3.87. The minimum Gasteiger partial charge on any atom is -0.476 e. The third kappa shape index (κ3) is 2.91. The number of benzene rings is 1. The fourth-order valence-electron chi connectivity index (χ4n) is 1.69. The van der Waals surface area contributed by atoms with Gasteiger partial charge in [-0.3, -0.25) is 0 Å². The molecule has 0 aliphatic rings. The summed E-state index contributed by atoms with van der Waals surface area (Å²) in [5.41, 5.74) is 1.15. The Morgan fingerprint density at radius 1 is 1.47 bits per heavy atom. The van der Waals surface area contributed by atoms with Crippen molar-refractivity contribution in [3.63, 3.8) is 0 Å². The number of aromatic nitrogens is 3. The lowest BCUT2D eigenvalue weighted by atomic mass is 10.2. The third-order valence-corrected chi connectivity index (χ3v) is 2.97. The van der Waals surface area contributed by atoms with Gasteiger partial charge in [0.05, 0.1) is 18.8 Å². The number of carbonyl (C=O) groups is 1. The van der Waals surface area contributed by atoms with Crippen LogP contribution in [0.1, 0.15) is 21.7 Å². The Hall–Kier alpha value is -1.92. The van der Waals surface area contributed by atoms with Gasteiger partial charge in [-0.25, -0.2) is 9.48 Å². The fourth-order valence-corrected chi connectivity index (χ4v) is 1.89. The van der Waals surface area contributed by atoms with Crippen molar-refractivity contribution in [1.29, 1.82) is 0 Å². The zero-order valence-electron chi connectivity index (χ0n) is 10.2. The lowest BCUT2D eigenvalue weighted by Crippen LogP contribution is -2.10. The van der Waals surface area contributed by atoms with Gasteiger partial charge in [0.1, 0.15) is 0 Å². The predicted octanol–water partition coefficient (Wildman–Crippen LogP) is 1.82. The number of nitrogens with zero attached hydrogens (tertiary/aromatic N) is 3. The van der Waals surface area contributed by atoms with Gasteiger partial charge in [0.2, 0.25) is 0 Å². The van der Waals surface area contributed by atoms with Gasteiger partial charge in [-0.15, -0.1) is 5.10 Å². The smallest absolute Gasteiger partial charge is 0.358 e. The first-order valence-electron chi connectivity index (χ1n) is 5.51. The zero-order chi connectivity index (χ0) is 13.8. The lowest BCUT2D eigenvalue weighted by molar-refractivity contribution is 0.0684. The molecule has 1 N–H and O–H groups in total. The molecule has 0 atom stereocenters. The van der Waals surface area contributed by atoms with Crippen molar-refractivity contribution in [2.75, 3.05) is 7.11 Å². The molecule has 0 bridgehead atoms. The van der Waals surface area contributed by atoms with E-state index in [4.69, 9.17) is 21.4 Å². The molecule has 0 aliphatic carbocycles. The molecule has 0 fully saturated rings. The molecule has 19 heavy (non-hydrogen) atoms. The Bertz CT molecular complexity index is 598. The molecule has 0 saturated heterocycles. The number of hydrogen-bond acceptors (Lipinski definition) is 4. The highest BCUT2D eigenvalue weighted by atomic mass is 35.5. The summed E-state index contributed by atoms with van der Waals surface area (Å²) in [6, 6.07) is 7.29. The quantitative estimate of drug-likeness (QED) is 0.904. The van der Waals surface area contributed by atoms with Crippen LogP contribution in [0.2, 0.25) is 5.02 Å². The molecule has 7 heteroatoms. The van der Waals surface area contributed by atoms with E-state index in [2.05, 4.69) is 10.3 Å². The molecule has 0 unspecified atom stereocenters. The summed E-state index contributed by atoms with van der Waals surface area (Å²) >= 11 is 6.06. The van der Waals surface area contributed by atoms with Crippen LogP contribution in [-0.2, 0) is 17.9 Å². The lowest BCUT2D eigenvalue weighted by Gasteiger charge is -2.07. The number of carboxylic acids is 1. The minimum absolute atomic E-state index is 0.103. The molecule has 0 amide bonds. The Morgan fingerprint density at radius 2 is 2.21 bits per heavy atom. The molecule has 100 valence electrons. The molecule has 1 heterocycles. The monoisotopic (exact) mass is 281 g/mol. The minimum atomic E-state index is -1.13. The van der Waals surface area contributed by atoms with Crippen molar-refractivity contribution in [3.8, 4) is 0 Å². The maximum atomic E-state index is 11.0. The van der Waals surface area contributed by atoms with Crippen LogP contribution in [0.5, 0.6) is 0 Å². The first-order valence-corrected chi connectivity index (χ1v) is 5.89. The maximum Gasteiger partial charge on any atom is 0.358 e. The highest BCUT2D eigenvalue weighted by molar-refractivity contribution is 6.31. The Labute approximate surface area is 114 Å². The summed E-state index contributed by atoms with van der Waals surface area (Å²) < 4.78 is 6.47. The number of ether oxygens (including phenoxy) is 1. The van der Waals surface area contributed by atoms with Crippen molar-refractivity contribution < 1.29 is 14.6 Å². The fraction of sp³-hybridized carbons (Fsp3) is 0.250. The van der Waals surface area contributed by atoms with Crippen LogP contribution in [0.15, 0.2) is 24.3 Å². The second-order valence-corrected chi connectivity index (χ2v) is 4.28. The van der Waals surface area contributed by atoms with Gasteiger partial charge in [0, 0.05) is 12.1 Å². The van der Waals surface area contributed by atoms with Crippen molar-refractivity contribution in [2.24, 2.45) is 0 Å². The van der Waals surface area contributed by atoms with E-state index < -0.39 is 5.97 Å². The number of carboxylic acid groups (broad SMARTS) is 1. The SMILES string of the molecule is COCc1c(C(=O)O)nnn1Cc1ccccc1Cl. The molecule has 1 aromatic heterocycles. The molecule has 0 aliphatic heterocycles. The van der Waals surface area contributed by atoms with E-state index in [1.807, 2.05) is 18.2 Å². The van der Waals surface area contributed by atoms with E-state index in [1.54, 1.807) is 6.07 Å². The molecule has 0 radical (unpaired) electrons. The van der Waals surface area contributed by atoms with Crippen LogP contribution in [0.3, 0.4) is 0 Å².